The number of nitrogens with zero attached hydrogens (tertiary/aromatic N) is 2. The Balaban J connectivity index is 1.88. The fraction of sp³-hybridized carbons (Fsp3) is 0.533. The molecule has 1 saturated carbocycles. The molecule has 0 N–H and O–H groups in total. The van der Waals surface area contributed by atoms with E-state index in [-0.39, 0.29) is 18.2 Å². The minimum atomic E-state index is -0.466. The van der Waals surface area contributed by atoms with Crippen LogP contribution in [0, 0.1) is 16.0 Å². The smallest absolute Gasteiger partial charge is 0.269 e. The number of rotatable bonds is 7. The third-order valence-corrected chi connectivity index (χ3v) is 3.28. The SMILES string of the molecule is CC(C)CN(C(=O)COc1ccc([N+](=O)[O-])cc1)C1CC1. The fourth-order valence-electron chi connectivity index (χ4n) is 2.13. The quantitative estimate of drug-likeness (QED) is 0.572. The molecule has 6 nitrogen and oxygen atoms in total. The predicted molar refractivity (Wildman–Crippen MR) is 78.2 cm³/mol. The molecule has 1 aliphatic carbocycles. The molecule has 21 heavy (non-hydrogen) atoms. The van der Waals surface area contributed by atoms with E-state index in [9.17, 15) is 14.9 Å². The van der Waals surface area contributed by atoms with Crippen molar-refractivity contribution in [3.63, 3.8) is 0 Å². The number of hydrogen-bond donors (Lipinski definition) is 0. The van der Waals surface area contributed by atoms with Crippen molar-refractivity contribution in [3.8, 4) is 5.75 Å². The second-order valence-corrected chi connectivity index (χ2v) is 5.71. The van der Waals surface area contributed by atoms with Crippen LogP contribution in [0.2, 0.25) is 0 Å². The van der Waals surface area contributed by atoms with E-state index in [1.807, 2.05) is 4.90 Å². The molecule has 1 aliphatic rings. The molecule has 114 valence electrons. The van der Waals surface area contributed by atoms with Crippen LogP contribution in [-0.4, -0.2) is 34.9 Å². The Morgan fingerprint density at radius 1 is 1.38 bits per heavy atom. The van der Waals surface area contributed by atoms with Gasteiger partial charge < -0.3 is 9.64 Å². The molecule has 2 rings (SSSR count). The Morgan fingerprint density at radius 3 is 2.48 bits per heavy atom. The van der Waals surface area contributed by atoms with Gasteiger partial charge in [0.05, 0.1) is 4.92 Å². The normalized spacial score (nSPS) is 14.0. The highest BCUT2D eigenvalue weighted by Gasteiger charge is 2.32. The summed E-state index contributed by atoms with van der Waals surface area (Å²) in [6.07, 6.45) is 2.13. The Morgan fingerprint density at radius 2 is 2.00 bits per heavy atom. The highest BCUT2D eigenvalue weighted by Crippen LogP contribution is 2.27. The molecule has 0 radical (unpaired) electrons. The van der Waals surface area contributed by atoms with Gasteiger partial charge in [0.2, 0.25) is 0 Å². The molecular formula is C15H20N2O4. The molecule has 1 aromatic carbocycles. The van der Waals surface area contributed by atoms with Gasteiger partial charge in [-0.15, -0.1) is 0 Å². The number of carbonyl (C=O) groups is 1. The van der Waals surface area contributed by atoms with Crippen molar-refractivity contribution >= 4 is 11.6 Å². The Labute approximate surface area is 123 Å². The van der Waals surface area contributed by atoms with E-state index in [2.05, 4.69) is 13.8 Å². The van der Waals surface area contributed by atoms with E-state index in [1.54, 1.807) is 0 Å². The second-order valence-electron chi connectivity index (χ2n) is 5.71. The van der Waals surface area contributed by atoms with Crippen LogP contribution in [0.5, 0.6) is 5.75 Å². The second kappa shape index (κ2) is 6.56. The zero-order valence-corrected chi connectivity index (χ0v) is 12.3. The first-order valence-electron chi connectivity index (χ1n) is 7.14. The topological polar surface area (TPSA) is 72.7 Å². The minimum Gasteiger partial charge on any atom is -0.484 e. The summed E-state index contributed by atoms with van der Waals surface area (Å²) in [6.45, 7) is 4.88. The zero-order valence-electron chi connectivity index (χ0n) is 12.3. The summed E-state index contributed by atoms with van der Waals surface area (Å²) in [5, 5.41) is 10.6. The molecular weight excluding hydrogens is 272 g/mol. The number of nitro groups is 1. The summed E-state index contributed by atoms with van der Waals surface area (Å²) in [5.74, 6) is 0.868. The minimum absolute atomic E-state index is 0.00749. The maximum Gasteiger partial charge on any atom is 0.269 e. The predicted octanol–water partition coefficient (Wildman–Crippen LogP) is 2.62. The molecule has 0 unspecified atom stereocenters. The molecule has 1 aromatic rings. The number of benzene rings is 1. The van der Waals surface area contributed by atoms with Gasteiger partial charge >= 0.3 is 0 Å². The van der Waals surface area contributed by atoms with Crippen LogP contribution in [0.25, 0.3) is 0 Å². The molecule has 1 fully saturated rings. The molecule has 0 atom stereocenters. The van der Waals surface area contributed by atoms with E-state index >= 15 is 0 Å². The molecule has 6 heteroatoms. The van der Waals surface area contributed by atoms with Crippen LogP contribution >= 0.6 is 0 Å². The zero-order chi connectivity index (χ0) is 15.4. The lowest BCUT2D eigenvalue weighted by Gasteiger charge is -2.24. The largest absolute Gasteiger partial charge is 0.484 e. The number of amides is 1. The summed E-state index contributed by atoms with van der Waals surface area (Å²) < 4.78 is 5.43. The van der Waals surface area contributed by atoms with Crippen LogP contribution in [0.15, 0.2) is 24.3 Å². The molecule has 0 aromatic heterocycles. The number of hydrogen-bond acceptors (Lipinski definition) is 4. The number of carbonyl (C=O) groups excluding carboxylic acids is 1. The van der Waals surface area contributed by atoms with Gasteiger partial charge in [0.1, 0.15) is 5.75 Å². The van der Waals surface area contributed by atoms with Crippen molar-refractivity contribution in [2.24, 2.45) is 5.92 Å². The lowest BCUT2D eigenvalue weighted by Crippen LogP contribution is -2.39. The molecule has 0 saturated heterocycles. The van der Waals surface area contributed by atoms with Gasteiger partial charge in [-0.05, 0) is 30.9 Å². The van der Waals surface area contributed by atoms with Gasteiger partial charge in [0.25, 0.3) is 11.6 Å². The van der Waals surface area contributed by atoms with Crippen molar-refractivity contribution in [3.05, 3.63) is 34.4 Å². The van der Waals surface area contributed by atoms with Crippen LogP contribution in [0.3, 0.4) is 0 Å². The number of ether oxygens (including phenoxy) is 1. The van der Waals surface area contributed by atoms with Crippen molar-refractivity contribution < 1.29 is 14.5 Å². The highest BCUT2D eigenvalue weighted by atomic mass is 16.6. The summed E-state index contributed by atoms with van der Waals surface area (Å²) in [6, 6.07) is 6.12. The third kappa shape index (κ3) is 4.44. The summed E-state index contributed by atoms with van der Waals surface area (Å²) >= 11 is 0. The maximum atomic E-state index is 12.2. The van der Waals surface area contributed by atoms with E-state index in [0.717, 1.165) is 19.4 Å². The number of nitro benzene ring substituents is 1. The molecule has 1 amide bonds. The Bertz CT molecular complexity index is 509. The first kappa shape index (κ1) is 15.3. The van der Waals surface area contributed by atoms with Crippen molar-refractivity contribution in [1.29, 1.82) is 0 Å². The van der Waals surface area contributed by atoms with E-state index in [4.69, 9.17) is 4.74 Å². The molecule has 0 aliphatic heterocycles. The first-order valence-corrected chi connectivity index (χ1v) is 7.14. The van der Waals surface area contributed by atoms with E-state index in [0.29, 0.717) is 17.7 Å². The first-order chi connectivity index (χ1) is 9.97. The van der Waals surface area contributed by atoms with Crippen LogP contribution in [0.4, 0.5) is 5.69 Å². The van der Waals surface area contributed by atoms with Crippen molar-refractivity contribution in [1.82, 2.24) is 4.90 Å². The van der Waals surface area contributed by atoms with Crippen LogP contribution in [0.1, 0.15) is 26.7 Å². The van der Waals surface area contributed by atoms with Gasteiger partial charge in [-0.3, -0.25) is 14.9 Å². The van der Waals surface area contributed by atoms with Crippen LogP contribution in [-0.2, 0) is 4.79 Å². The highest BCUT2D eigenvalue weighted by molar-refractivity contribution is 5.78. The number of non-ortho nitro benzene ring substituents is 1. The van der Waals surface area contributed by atoms with E-state index in [1.165, 1.54) is 24.3 Å². The van der Waals surface area contributed by atoms with Crippen LogP contribution < -0.4 is 4.74 Å². The Kier molecular flexibility index (Phi) is 4.77. The van der Waals surface area contributed by atoms with Crippen molar-refractivity contribution in [2.75, 3.05) is 13.2 Å². The molecule has 0 spiro atoms. The van der Waals surface area contributed by atoms with Crippen molar-refractivity contribution in [2.45, 2.75) is 32.7 Å². The molecule has 0 bridgehead atoms. The van der Waals surface area contributed by atoms with E-state index < -0.39 is 4.92 Å². The monoisotopic (exact) mass is 292 g/mol. The average molecular weight is 292 g/mol. The van der Waals surface area contributed by atoms with Gasteiger partial charge in [0.15, 0.2) is 6.61 Å². The van der Waals surface area contributed by atoms with Gasteiger partial charge in [-0.1, -0.05) is 13.8 Å². The lowest BCUT2D eigenvalue weighted by atomic mass is 10.2. The van der Waals surface area contributed by atoms with Gasteiger partial charge in [-0.25, -0.2) is 0 Å². The Hall–Kier alpha value is -2.11. The lowest BCUT2D eigenvalue weighted by molar-refractivity contribution is -0.384. The summed E-state index contributed by atoms with van der Waals surface area (Å²) in [5.41, 5.74) is 0.00749. The standard InChI is InChI=1S/C15H20N2O4/c1-11(2)9-16(12-3-4-12)15(18)10-21-14-7-5-13(6-8-14)17(19)20/h5-8,11-12H,3-4,9-10H2,1-2H3. The maximum absolute atomic E-state index is 12.2. The summed E-state index contributed by atoms with van der Waals surface area (Å²) in [7, 11) is 0. The fourth-order valence-corrected chi connectivity index (χ4v) is 2.13. The van der Waals surface area contributed by atoms with Gasteiger partial charge in [-0.2, -0.15) is 0 Å². The third-order valence-electron chi connectivity index (χ3n) is 3.28. The van der Waals surface area contributed by atoms with Gasteiger partial charge in [0, 0.05) is 24.7 Å². The average Bonchev–Trinajstić information content (AvgIpc) is 3.27. The summed E-state index contributed by atoms with van der Waals surface area (Å²) in [4.78, 5) is 24.2. The molecule has 0 heterocycles.